The number of hydrogen-bond acceptors (Lipinski definition) is 2. The minimum absolute atomic E-state index is 0.0781. The maximum Gasteiger partial charge on any atom is 0.319 e. The Bertz CT molecular complexity index is 643. The first kappa shape index (κ1) is 18.1. The molecule has 2 atom stereocenters. The number of rotatable bonds is 8. The topological polar surface area (TPSA) is 46.9 Å². The number of carbonyl (C=O) groups excluding carboxylic acids is 1. The van der Waals surface area contributed by atoms with Gasteiger partial charge in [-0.05, 0) is 11.5 Å². The van der Waals surface area contributed by atoms with E-state index in [-0.39, 0.29) is 36.5 Å². The van der Waals surface area contributed by atoms with Crippen LogP contribution in [0.2, 0.25) is 0 Å². The molecule has 0 fully saturated rings. The number of imidazole rings is 1. The van der Waals surface area contributed by atoms with Gasteiger partial charge in [0.1, 0.15) is 5.82 Å². The van der Waals surface area contributed by atoms with E-state index >= 15 is 0 Å². The van der Waals surface area contributed by atoms with Gasteiger partial charge in [0.05, 0.1) is 5.92 Å². The van der Waals surface area contributed by atoms with Gasteiger partial charge in [-0.3, -0.25) is 9.36 Å². The molecule has 0 aliphatic rings. The molecule has 0 saturated heterocycles. The SMILES string of the molecule is CCC(C)C(C(=O)NCCc1nccn1C(F)F)c1ccccc1. The third-order valence-corrected chi connectivity index (χ3v) is 4.26. The number of amides is 1. The van der Waals surface area contributed by atoms with Gasteiger partial charge < -0.3 is 5.32 Å². The Labute approximate surface area is 140 Å². The van der Waals surface area contributed by atoms with Gasteiger partial charge in [0.2, 0.25) is 5.91 Å². The molecule has 0 aliphatic heterocycles. The Balaban J connectivity index is 1.99. The zero-order chi connectivity index (χ0) is 17.5. The molecule has 0 aliphatic carbocycles. The Hall–Kier alpha value is -2.24. The Morgan fingerprint density at radius 2 is 2.00 bits per heavy atom. The number of alkyl halides is 2. The van der Waals surface area contributed by atoms with Crippen LogP contribution in [-0.2, 0) is 11.2 Å². The second-order valence-corrected chi connectivity index (χ2v) is 5.84. The summed E-state index contributed by atoms with van der Waals surface area (Å²) in [6.07, 6.45) is 3.73. The number of hydrogen-bond donors (Lipinski definition) is 1. The number of halogens is 2. The maximum absolute atomic E-state index is 12.8. The van der Waals surface area contributed by atoms with Crippen LogP contribution < -0.4 is 5.32 Å². The monoisotopic (exact) mass is 335 g/mol. The summed E-state index contributed by atoms with van der Waals surface area (Å²) in [7, 11) is 0. The number of nitrogens with one attached hydrogen (secondary N) is 1. The first-order valence-corrected chi connectivity index (χ1v) is 8.17. The van der Waals surface area contributed by atoms with Crippen molar-refractivity contribution in [2.24, 2.45) is 5.92 Å². The lowest BCUT2D eigenvalue weighted by atomic mass is 9.85. The second-order valence-electron chi connectivity index (χ2n) is 5.84. The molecule has 130 valence electrons. The van der Waals surface area contributed by atoms with Crippen LogP contribution in [-0.4, -0.2) is 22.0 Å². The molecule has 1 amide bonds. The summed E-state index contributed by atoms with van der Waals surface area (Å²) >= 11 is 0. The molecule has 2 unspecified atom stereocenters. The highest BCUT2D eigenvalue weighted by atomic mass is 19.3. The summed E-state index contributed by atoms with van der Waals surface area (Å²) < 4.78 is 26.4. The van der Waals surface area contributed by atoms with Crippen LogP contribution in [0.3, 0.4) is 0 Å². The standard InChI is InChI=1S/C18H23F2N3O/c1-3-13(2)16(14-7-5-4-6-8-14)17(24)22-10-9-15-21-11-12-23(15)18(19)20/h4-8,11-13,16,18H,3,9-10H2,1-2H3,(H,22,24). The summed E-state index contributed by atoms with van der Waals surface area (Å²) in [5, 5.41) is 2.86. The summed E-state index contributed by atoms with van der Waals surface area (Å²) in [4.78, 5) is 16.5. The van der Waals surface area contributed by atoms with Crippen LogP contribution >= 0.6 is 0 Å². The van der Waals surface area contributed by atoms with Crippen LogP contribution in [0.5, 0.6) is 0 Å². The lowest BCUT2D eigenvalue weighted by Gasteiger charge is -2.22. The zero-order valence-corrected chi connectivity index (χ0v) is 14.0. The van der Waals surface area contributed by atoms with Gasteiger partial charge in [-0.2, -0.15) is 8.78 Å². The molecular weight excluding hydrogens is 312 g/mol. The predicted molar refractivity (Wildman–Crippen MR) is 88.8 cm³/mol. The molecule has 2 aromatic rings. The van der Waals surface area contributed by atoms with Gasteiger partial charge in [-0.25, -0.2) is 4.98 Å². The highest BCUT2D eigenvalue weighted by Crippen LogP contribution is 2.27. The number of aromatic nitrogens is 2. The van der Waals surface area contributed by atoms with Crippen LogP contribution in [0, 0.1) is 5.92 Å². The number of benzene rings is 1. The van der Waals surface area contributed by atoms with E-state index in [0.29, 0.717) is 0 Å². The molecule has 4 nitrogen and oxygen atoms in total. The van der Waals surface area contributed by atoms with Crippen LogP contribution in [0.15, 0.2) is 42.7 Å². The zero-order valence-electron chi connectivity index (χ0n) is 14.0. The summed E-state index contributed by atoms with van der Waals surface area (Å²) in [6, 6.07) is 9.63. The molecule has 0 spiro atoms. The average molecular weight is 335 g/mol. The fourth-order valence-electron chi connectivity index (χ4n) is 2.76. The fourth-order valence-corrected chi connectivity index (χ4v) is 2.76. The van der Waals surface area contributed by atoms with Crippen molar-refractivity contribution in [2.45, 2.75) is 39.2 Å². The number of carbonyl (C=O) groups is 1. The van der Waals surface area contributed by atoms with Crippen LogP contribution in [0.4, 0.5) is 8.78 Å². The van der Waals surface area contributed by atoms with Crippen molar-refractivity contribution in [3.05, 3.63) is 54.1 Å². The van der Waals surface area contributed by atoms with Crippen LogP contribution in [0.25, 0.3) is 0 Å². The van der Waals surface area contributed by atoms with E-state index in [2.05, 4.69) is 10.3 Å². The molecule has 2 rings (SSSR count). The highest BCUT2D eigenvalue weighted by molar-refractivity contribution is 5.83. The van der Waals surface area contributed by atoms with Crippen molar-refractivity contribution in [3.63, 3.8) is 0 Å². The number of nitrogens with zero attached hydrogens (tertiary/aromatic N) is 2. The quantitative estimate of drug-likeness (QED) is 0.798. The molecule has 1 heterocycles. The molecule has 6 heteroatoms. The highest BCUT2D eigenvalue weighted by Gasteiger charge is 2.25. The van der Waals surface area contributed by atoms with Crippen LogP contribution in [0.1, 0.15) is 44.1 Å². The van der Waals surface area contributed by atoms with E-state index in [1.54, 1.807) is 0 Å². The van der Waals surface area contributed by atoms with Crippen molar-refractivity contribution in [1.82, 2.24) is 14.9 Å². The van der Waals surface area contributed by atoms with E-state index in [0.717, 1.165) is 16.6 Å². The largest absolute Gasteiger partial charge is 0.355 e. The van der Waals surface area contributed by atoms with Gasteiger partial charge in [-0.1, -0.05) is 50.6 Å². The minimum atomic E-state index is -2.62. The minimum Gasteiger partial charge on any atom is -0.355 e. The normalized spacial score (nSPS) is 13.7. The van der Waals surface area contributed by atoms with Crippen molar-refractivity contribution < 1.29 is 13.6 Å². The second kappa shape index (κ2) is 8.57. The molecule has 0 radical (unpaired) electrons. The lowest BCUT2D eigenvalue weighted by Crippen LogP contribution is -2.34. The third kappa shape index (κ3) is 4.40. The van der Waals surface area contributed by atoms with Gasteiger partial charge in [0.15, 0.2) is 0 Å². The van der Waals surface area contributed by atoms with Gasteiger partial charge >= 0.3 is 6.55 Å². The van der Waals surface area contributed by atoms with E-state index < -0.39 is 6.55 Å². The molecular formula is C18H23F2N3O. The first-order valence-electron chi connectivity index (χ1n) is 8.17. The van der Waals surface area contributed by atoms with Gasteiger partial charge in [0.25, 0.3) is 0 Å². The van der Waals surface area contributed by atoms with E-state index in [1.807, 2.05) is 44.2 Å². The van der Waals surface area contributed by atoms with E-state index in [4.69, 9.17) is 0 Å². The van der Waals surface area contributed by atoms with E-state index in [9.17, 15) is 13.6 Å². The Morgan fingerprint density at radius 3 is 2.62 bits per heavy atom. The smallest absolute Gasteiger partial charge is 0.319 e. The third-order valence-electron chi connectivity index (χ3n) is 4.26. The van der Waals surface area contributed by atoms with Crippen molar-refractivity contribution >= 4 is 5.91 Å². The maximum atomic E-state index is 12.8. The van der Waals surface area contributed by atoms with Gasteiger partial charge in [0, 0.05) is 25.4 Å². The summed E-state index contributed by atoms with van der Waals surface area (Å²) in [6.45, 7) is 1.76. The Morgan fingerprint density at radius 1 is 1.29 bits per heavy atom. The summed E-state index contributed by atoms with van der Waals surface area (Å²) in [5.74, 6) is 0.136. The fraction of sp³-hybridized carbons (Fsp3) is 0.444. The summed E-state index contributed by atoms with van der Waals surface area (Å²) in [5.41, 5.74) is 0.971. The molecule has 1 aromatic carbocycles. The molecule has 1 aromatic heterocycles. The molecule has 24 heavy (non-hydrogen) atoms. The van der Waals surface area contributed by atoms with Crippen molar-refractivity contribution in [1.29, 1.82) is 0 Å². The molecule has 0 saturated carbocycles. The first-order chi connectivity index (χ1) is 11.5. The Kier molecular flexibility index (Phi) is 6.46. The van der Waals surface area contributed by atoms with E-state index in [1.165, 1.54) is 12.4 Å². The van der Waals surface area contributed by atoms with Gasteiger partial charge in [-0.15, -0.1) is 0 Å². The lowest BCUT2D eigenvalue weighted by molar-refractivity contribution is -0.123. The average Bonchev–Trinajstić information content (AvgIpc) is 3.04. The van der Waals surface area contributed by atoms with Crippen molar-refractivity contribution in [2.75, 3.05) is 6.54 Å². The molecule has 1 N–H and O–H groups in total. The molecule has 0 bridgehead atoms. The van der Waals surface area contributed by atoms with Crippen molar-refractivity contribution in [3.8, 4) is 0 Å². The predicted octanol–water partition coefficient (Wildman–Crippen LogP) is 3.77.